The SMILES string of the molecule is COCC(CO)NC(=O)c1cc(Br)c(Br)s1. The van der Waals surface area contributed by atoms with Gasteiger partial charge in [-0.1, -0.05) is 0 Å². The van der Waals surface area contributed by atoms with Crippen LogP contribution < -0.4 is 5.32 Å². The van der Waals surface area contributed by atoms with Gasteiger partial charge in [-0.05, 0) is 37.9 Å². The predicted molar refractivity (Wildman–Crippen MR) is 69.9 cm³/mol. The molecule has 0 aromatic carbocycles. The van der Waals surface area contributed by atoms with Gasteiger partial charge in [0, 0.05) is 11.6 Å². The van der Waals surface area contributed by atoms with Crippen LogP contribution >= 0.6 is 43.2 Å². The average Bonchev–Trinajstić information content (AvgIpc) is 2.58. The third kappa shape index (κ3) is 3.81. The molecule has 0 aliphatic heterocycles. The van der Waals surface area contributed by atoms with Crippen molar-refractivity contribution < 1.29 is 14.6 Å². The lowest BCUT2D eigenvalue weighted by atomic mass is 10.3. The maximum atomic E-state index is 11.7. The van der Waals surface area contributed by atoms with E-state index in [0.29, 0.717) is 4.88 Å². The summed E-state index contributed by atoms with van der Waals surface area (Å²) in [5, 5.41) is 11.7. The van der Waals surface area contributed by atoms with E-state index < -0.39 is 0 Å². The molecule has 0 saturated carbocycles. The van der Waals surface area contributed by atoms with Crippen molar-refractivity contribution in [1.82, 2.24) is 5.32 Å². The number of amides is 1. The van der Waals surface area contributed by atoms with E-state index in [9.17, 15) is 4.79 Å². The van der Waals surface area contributed by atoms with Gasteiger partial charge in [0.25, 0.3) is 5.91 Å². The van der Waals surface area contributed by atoms with E-state index in [1.165, 1.54) is 18.4 Å². The second-order valence-corrected chi connectivity index (χ2v) is 6.27. The van der Waals surface area contributed by atoms with Crippen LogP contribution in [0.3, 0.4) is 0 Å². The number of hydrogen-bond acceptors (Lipinski definition) is 4. The summed E-state index contributed by atoms with van der Waals surface area (Å²) in [5.41, 5.74) is 0. The van der Waals surface area contributed by atoms with E-state index >= 15 is 0 Å². The zero-order valence-electron chi connectivity index (χ0n) is 8.50. The predicted octanol–water partition coefficient (Wildman–Crippen LogP) is 2.01. The lowest BCUT2D eigenvalue weighted by Gasteiger charge is -2.14. The van der Waals surface area contributed by atoms with Crippen molar-refractivity contribution in [3.8, 4) is 0 Å². The molecule has 90 valence electrons. The third-order valence-electron chi connectivity index (χ3n) is 1.79. The van der Waals surface area contributed by atoms with Crippen LogP contribution in [0.4, 0.5) is 0 Å². The van der Waals surface area contributed by atoms with Crippen LogP contribution in [0.2, 0.25) is 0 Å². The number of aliphatic hydroxyl groups excluding tert-OH is 1. The number of rotatable bonds is 5. The van der Waals surface area contributed by atoms with Crippen LogP contribution in [0, 0.1) is 0 Å². The van der Waals surface area contributed by atoms with E-state index in [1.54, 1.807) is 6.07 Å². The number of aliphatic hydroxyl groups is 1. The van der Waals surface area contributed by atoms with Gasteiger partial charge in [0.15, 0.2) is 0 Å². The van der Waals surface area contributed by atoms with Gasteiger partial charge in [-0.3, -0.25) is 4.79 Å². The summed E-state index contributed by atoms with van der Waals surface area (Å²) < 4.78 is 6.58. The Hall–Kier alpha value is 0.0500. The molecule has 1 aromatic rings. The van der Waals surface area contributed by atoms with Crippen LogP contribution in [0.1, 0.15) is 9.67 Å². The van der Waals surface area contributed by atoms with E-state index in [0.717, 1.165) is 8.26 Å². The van der Waals surface area contributed by atoms with Crippen molar-refractivity contribution in [2.45, 2.75) is 6.04 Å². The molecule has 7 heteroatoms. The van der Waals surface area contributed by atoms with E-state index in [4.69, 9.17) is 9.84 Å². The topological polar surface area (TPSA) is 58.6 Å². The van der Waals surface area contributed by atoms with Crippen LogP contribution in [0.15, 0.2) is 14.3 Å². The van der Waals surface area contributed by atoms with Gasteiger partial charge in [0.05, 0.1) is 27.9 Å². The molecule has 0 aliphatic carbocycles. The Balaban J connectivity index is 2.64. The molecule has 2 N–H and O–H groups in total. The van der Waals surface area contributed by atoms with Crippen molar-refractivity contribution in [2.24, 2.45) is 0 Å². The summed E-state index contributed by atoms with van der Waals surface area (Å²) in [6, 6.07) is 1.35. The monoisotopic (exact) mass is 371 g/mol. The number of methoxy groups -OCH3 is 1. The van der Waals surface area contributed by atoms with Crippen molar-refractivity contribution in [1.29, 1.82) is 0 Å². The number of thiophene rings is 1. The van der Waals surface area contributed by atoms with Gasteiger partial charge >= 0.3 is 0 Å². The first-order valence-corrected chi connectivity index (χ1v) is 6.84. The lowest BCUT2D eigenvalue weighted by Crippen LogP contribution is -2.40. The second-order valence-electron chi connectivity index (χ2n) is 3.04. The lowest BCUT2D eigenvalue weighted by molar-refractivity contribution is 0.0843. The Morgan fingerprint density at radius 3 is 2.81 bits per heavy atom. The first-order chi connectivity index (χ1) is 7.58. The highest BCUT2D eigenvalue weighted by Gasteiger charge is 2.16. The molecule has 0 bridgehead atoms. The highest BCUT2D eigenvalue weighted by Crippen LogP contribution is 2.32. The number of carbonyl (C=O) groups is 1. The van der Waals surface area contributed by atoms with Crippen molar-refractivity contribution in [3.63, 3.8) is 0 Å². The minimum absolute atomic E-state index is 0.146. The Morgan fingerprint density at radius 2 is 2.38 bits per heavy atom. The summed E-state index contributed by atoms with van der Waals surface area (Å²) in [6.45, 7) is 0.142. The van der Waals surface area contributed by atoms with Crippen molar-refractivity contribution in [3.05, 3.63) is 19.2 Å². The Morgan fingerprint density at radius 1 is 1.69 bits per heavy atom. The summed E-state index contributed by atoms with van der Waals surface area (Å²) >= 11 is 7.95. The van der Waals surface area contributed by atoms with Crippen LogP contribution in [0.5, 0.6) is 0 Å². The number of hydrogen-bond donors (Lipinski definition) is 2. The molecule has 1 aromatic heterocycles. The van der Waals surface area contributed by atoms with Gasteiger partial charge in [-0.15, -0.1) is 11.3 Å². The van der Waals surface area contributed by atoms with Crippen LogP contribution in [0.25, 0.3) is 0 Å². The molecule has 1 atom stereocenters. The normalized spacial score (nSPS) is 12.5. The molecule has 0 spiro atoms. The molecule has 4 nitrogen and oxygen atoms in total. The smallest absolute Gasteiger partial charge is 0.261 e. The van der Waals surface area contributed by atoms with Crippen molar-refractivity contribution >= 4 is 49.1 Å². The molecule has 0 saturated heterocycles. The van der Waals surface area contributed by atoms with Crippen molar-refractivity contribution in [2.75, 3.05) is 20.3 Å². The van der Waals surface area contributed by atoms with Crippen LogP contribution in [-0.4, -0.2) is 37.4 Å². The second kappa shape index (κ2) is 6.70. The maximum absolute atomic E-state index is 11.7. The molecule has 16 heavy (non-hydrogen) atoms. The zero-order valence-corrected chi connectivity index (χ0v) is 12.5. The van der Waals surface area contributed by atoms with Gasteiger partial charge < -0.3 is 15.2 Å². The van der Waals surface area contributed by atoms with E-state index in [1.807, 2.05) is 0 Å². The standard InChI is InChI=1S/C9H11Br2NO3S/c1-15-4-5(3-13)12-9(14)7-2-6(10)8(11)16-7/h2,5,13H,3-4H2,1H3,(H,12,14). The maximum Gasteiger partial charge on any atom is 0.261 e. The number of halogens is 2. The Kier molecular flexibility index (Phi) is 5.91. The summed E-state index contributed by atoms with van der Waals surface area (Å²) in [5.74, 6) is -0.215. The van der Waals surface area contributed by atoms with Gasteiger partial charge in [-0.2, -0.15) is 0 Å². The minimum Gasteiger partial charge on any atom is -0.394 e. The molecular weight excluding hydrogens is 362 g/mol. The summed E-state index contributed by atoms with van der Waals surface area (Å²) in [7, 11) is 1.52. The molecule has 1 heterocycles. The molecular formula is C9H11Br2NO3S. The third-order valence-corrected chi connectivity index (χ3v) is 5.05. The Bertz CT molecular complexity index is 350. The zero-order chi connectivity index (χ0) is 12.1. The molecule has 0 fully saturated rings. The van der Waals surface area contributed by atoms with E-state index in [-0.39, 0.29) is 25.2 Å². The summed E-state index contributed by atoms with van der Waals surface area (Å²) in [6.07, 6.45) is 0. The van der Waals surface area contributed by atoms with Crippen LogP contribution in [-0.2, 0) is 4.74 Å². The number of nitrogens with one attached hydrogen (secondary N) is 1. The quantitative estimate of drug-likeness (QED) is 0.831. The average molecular weight is 373 g/mol. The molecule has 1 unspecified atom stereocenters. The fourth-order valence-corrected chi connectivity index (χ4v) is 2.99. The fraction of sp³-hybridized carbons (Fsp3) is 0.444. The number of carbonyl (C=O) groups excluding carboxylic acids is 1. The van der Waals surface area contributed by atoms with Gasteiger partial charge in [0.2, 0.25) is 0 Å². The number of ether oxygens (including phenoxy) is 1. The fourth-order valence-electron chi connectivity index (χ4n) is 1.06. The largest absolute Gasteiger partial charge is 0.394 e. The highest BCUT2D eigenvalue weighted by molar-refractivity contribution is 9.13. The molecule has 0 aliphatic rings. The summed E-state index contributed by atoms with van der Waals surface area (Å²) in [4.78, 5) is 12.3. The minimum atomic E-state index is -0.378. The molecule has 0 radical (unpaired) electrons. The first-order valence-electron chi connectivity index (χ1n) is 4.44. The highest BCUT2D eigenvalue weighted by atomic mass is 79.9. The van der Waals surface area contributed by atoms with Gasteiger partial charge in [-0.25, -0.2) is 0 Å². The molecule has 1 amide bonds. The Labute approximate surface area is 114 Å². The molecule has 1 rings (SSSR count). The first kappa shape index (κ1) is 14.1. The van der Waals surface area contributed by atoms with Gasteiger partial charge in [0.1, 0.15) is 0 Å². The van der Waals surface area contributed by atoms with E-state index in [2.05, 4.69) is 37.2 Å².